The molecule has 17 heavy (non-hydrogen) atoms. The lowest BCUT2D eigenvalue weighted by Crippen LogP contribution is -2.22. The Morgan fingerprint density at radius 3 is 2.88 bits per heavy atom. The van der Waals surface area contributed by atoms with Crippen LogP contribution < -0.4 is 5.32 Å². The molecule has 0 aromatic heterocycles. The van der Waals surface area contributed by atoms with Crippen LogP contribution in [0.2, 0.25) is 10.0 Å². The zero-order valence-corrected chi connectivity index (χ0v) is 10.7. The van der Waals surface area contributed by atoms with Crippen molar-refractivity contribution in [3.05, 3.63) is 27.7 Å². The average Bonchev–Trinajstić information content (AvgIpc) is 2.23. The van der Waals surface area contributed by atoms with Crippen molar-refractivity contribution in [2.45, 2.75) is 6.92 Å². The molecule has 0 saturated carbocycles. The number of carbonyl (C=O) groups is 1. The molecule has 0 unspecified atom stereocenters. The fourth-order valence-electron chi connectivity index (χ4n) is 1.14. The van der Waals surface area contributed by atoms with Gasteiger partial charge in [-0.25, -0.2) is 0 Å². The Kier molecular flexibility index (Phi) is 5.25. The molecular formula is C11H12Cl2N2O2. The third-order valence-electron chi connectivity index (χ3n) is 1.90. The van der Waals surface area contributed by atoms with Crippen molar-refractivity contribution in [1.82, 2.24) is 5.32 Å². The zero-order valence-electron chi connectivity index (χ0n) is 9.20. The number of aromatic hydroxyl groups is 1. The van der Waals surface area contributed by atoms with E-state index in [0.29, 0.717) is 23.7 Å². The van der Waals surface area contributed by atoms with Gasteiger partial charge in [0.1, 0.15) is 5.75 Å². The van der Waals surface area contributed by atoms with Crippen molar-refractivity contribution in [3.63, 3.8) is 0 Å². The molecule has 0 spiro atoms. The molecule has 4 nitrogen and oxygen atoms in total. The van der Waals surface area contributed by atoms with Gasteiger partial charge in [0.15, 0.2) is 0 Å². The maximum atomic E-state index is 10.6. The fraction of sp³-hybridized carbons (Fsp3) is 0.273. The molecule has 1 aromatic carbocycles. The largest absolute Gasteiger partial charge is 0.506 e. The van der Waals surface area contributed by atoms with Gasteiger partial charge < -0.3 is 10.4 Å². The van der Waals surface area contributed by atoms with Gasteiger partial charge >= 0.3 is 0 Å². The number of rotatable bonds is 4. The number of hydrogen-bond acceptors (Lipinski definition) is 3. The maximum absolute atomic E-state index is 10.6. The highest BCUT2D eigenvalue weighted by atomic mass is 35.5. The van der Waals surface area contributed by atoms with Crippen LogP contribution in [0.1, 0.15) is 12.5 Å². The molecule has 1 aromatic rings. The van der Waals surface area contributed by atoms with E-state index in [1.165, 1.54) is 19.2 Å². The molecular weight excluding hydrogens is 263 g/mol. The van der Waals surface area contributed by atoms with Crippen molar-refractivity contribution in [2.75, 3.05) is 13.1 Å². The van der Waals surface area contributed by atoms with Crippen LogP contribution in [-0.2, 0) is 4.79 Å². The summed E-state index contributed by atoms with van der Waals surface area (Å²) in [6.07, 6.45) is 1.47. The summed E-state index contributed by atoms with van der Waals surface area (Å²) in [6, 6.07) is 3.01. The summed E-state index contributed by atoms with van der Waals surface area (Å²) in [5.74, 6) is -0.159. The smallest absolute Gasteiger partial charge is 0.216 e. The number of aliphatic imine (C=N–C) groups is 1. The van der Waals surface area contributed by atoms with Crippen molar-refractivity contribution in [1.29, 1.82) is 0 Å². The Balaban J connectivity index is 2.62. The number of benzene rings is 1. The lowest BCUT2D eigenvalue weighted by Gasteiger charge is -2.02. The number of phenolic OH excluding ortho intramolecular Hbond substituents is 1. The summed E-state index contributed by atoms with van der Waals surface area (Å²) in [7, 11) is 0. The van der Waals surface area contributed by atoms with Crippen LogP contribution in [0.3, 0.4) is 0 Å². The second-order valence-electron chi connectivity index (χ2n) is 3.34. The maximum Gasteiger partial charge on any atom is 0.216 e. The van der Waals surface area contributed by atoms with Crippen LogP contribution in [0.5, 0.6) is 5.75 Å². The van der Waals surface area contributed by atoms with E-state index in [9.17, 15) is 9.90 Å². The monoisotopic (exact) mass is 274 g/mol. The van der Waals surface area contributed by atoms with Gasteiger partial charge in [-0.1, -0.05) is 23.2 Å². The molecule has 1 rings (SSSR count). The summed E-state index contributed by atoms with van der Waals surface area (Å²) >= 11 is 11.5. The Labute approximate surface area is 109 Å². The van der Waals surface area contributed by atoms with Gasteiger partial charge in [-0.05, 0) is 12.1 Å². The molecule has 0 radical (unpaired) electrons. The molecule has 0 aliphatic heterocycles. The quantitative estimate of drug-likeness (QED) is 0.654. The van der Waals surface area contributed by atoms with E-state index < -0.39 is 0 Å². The minimum Gasteiger partial charge on any atom is -0.506 e. The predicted octanol–water partition coefficient (Wildman–Crippen LogP) is 2.25. The number of carbonyl (C=O) groups excluding carboxylic acids is 1. The second-order valence-corrected chi connectivity index (χ2v) is 4.19. The molecule has 6 heteroatoms. The Morgan fingerprint density at radius 2 is 2.24 bits per heavy atom. The zero-order chi connectivity index (χ0) is 12.8. The number of halogens is 2. The lowest BCUT2D eigenvalue weighted by molar-refractivity contribution is -0.118. The first-order valence-electron chi connectivity index (χ1n) is 4.93. The molecule has 0 heterocycles. The highest BCUT2D eigenvalue weighted by Crippen LogP contribution is 2.29. The van der Waals surface area contributed by atoms with Crippen LogP contribution in [0, 0.1) is 0 Å². The number of nitrogens with zero attached hydrogens (tertiary/aromatic N) is 1. The molecule has 1 amide bonds. The average molecular weight is 275 g/mol. The van der Waals surface area contributed by atoms with E-state index in [-0.39, 0.29) is 16.7 Å². The minimum atomic E-state index is -0.103. The number of nitrogens with one attached hydrogen (secondary N) is 1. The summed E-state index contributed by atoms with van der Waals surface area (Å²) < 4.78 is 0. The third-order valence-corrected chi connectivity index (χ3v) is 2.41. The van der Waals surface area contributed by atoms with Gasteiger partial charge in [-0.15, -0.1) is 0 Å². The number of hydrogen-bond donors (Lipinski definition) is 2. The second kappa shape index (κ2) is 6.47. The van der Waals surface area contributed by atoms with Crippen LogP contribution >= 0.6 is 23.2 Å². The van der Waals surface area contributed by atoms with E-state index in [1.54, 1.807) is 6.07 Å². The van der Waals surface area contributed by atoms with E-state index in [1.807, 2.05) is 0 Å². The molecule has 0 bridgehead atoms. The van der Waals surface area contributed by atoms with Crippen LogP contribution in [0.25, 0.3) is 0 Å². The van der Waals surface area contributed by atoms with Gasteiger partial charge in [0.2, 0.25) is 5.91 Å². The van der Waals surface area contributed by atoms with Crippen molar-refractivity contribution >= 4 is 35.3 Å². The predicted molar refractivity (Wildman–Crippen MR) is 69.3 cm³/mol. The topological polar surface area (TPSA) is 61.7 Å². The first kappa shape index (κ1) is 13.8. The van der Waals surface area contributed by atoms with Gasteiger partial charge in [-0.2, -0.15) is 0 Å². The van der Waals surface area contributed by atoms with Crippen LogP contribution in [0.15, 0.2) is 17.1 Å². The first-order chi connectivity index (χ1) is 8.00. The molecule has 92 valence electrons. The molecule has 0 aliphatic carbocycles. The third kappa shape index (κ3) is 4.63. The first-order valence-corrected chi connectivity index (χ1v) is 5.68. The standard InChI is InChI=1S/C11H12Cl2N2O2/c1-7(16)15-3-2-14-6-8-4-9(12)5-10(13)11(8)17/h4-6,17H,2-3H2,1H3,(H,15,16). The number of amides is 1. The van der Waals surface area contributed by atoms with Crippen molar-refractivity contribution < 1.29 is 9.90 Å². The van der Waals surface area contributed by atoms with Crippen LogP contribution in [0.4, 0.5) is 0 Å². The highest BCUT2D eigenvalue weighted by Gasteiger charge is 2.05. The van der Waals surface area contributed by atoms with Crippen LogP contribution in [-0.4, -0.2) is 30.3 Å². The molecule has 2 N–H and O–H groups in total. The minimum absolute atomic E-state index is 0.0562. The Hall–Kier alpha value is -1.26. The Bertz CT molecular complexity index is 447. The normalized spacial score (nSPS) is 10.8. The summed E-state index contributed by atoms with van der Waals surface area (Å²) in [5, 5.41) is 12.8. The SMILES string of the molecule is CC(=O)NCCN=Cc1cc(Cl)cc(Cl)c1O. The van der Waals surface area contributed by atoms with E-state index in [2.05, 4.69) is 10.3 Å². The van der Waals surface area contributed by atoms with Gasteiger partial charge in [0.25, 0.3) is 0 Å². The van der Waals surface area contributed by atoms with Gasteiger partial charge in [0.05, 0.1) is 11.6 Å². The Morgan fingerprint density at radius 1 is 1.53 bits per heavy atom. The van der Waals surface area contributed by atoms with Crippen molar-refractivity contribution in [3.8, 4) is 5.75 Å². The summed E-state index contributed by atoms with van der Waals surface area (Å²) in [4.78, 5) is 14.6. The molecule has 0 fully saturated rings. The fourth-order valence-corrected chi connectivity index (χ4v) is 1.65. The van der Waals surface area contributed by atoms with Gasteiger partial charge in [0, 0.05) is 30.3 Å². The summed E-state index contributed by atoms with van der Waals surface area (Å²) in [5.41, 5.74) is 0.449. The van der Waals surface area contributed by atoms with Gasteiger partial charge in [-0.3, -0.25) is 9.79 Å². The summed E-state index contributed by atoms with van der Waals surface area (Å²) in [6.45, 7) is 2.30. The highest BCUT2D eigenvalue weighted by molar-refractivity contribution is 6.36. The van der Waals surface area contributed by atoms with Crippen molar-refractivity contribution in [2.24, 2.45) is 4.99 Å². The van der Waals surface area contributed by atoms with E-state index in [4.69, 9.17) is 23.2 Å². The molecule has 0 atom stereocenters. The lowest BCUT2D eigenvalue weighted by atomic mass is 10.2. The van der Waals surface area contributed by atoms with E-state index >= 15 is 0 Å². The van der Waals surface area contributed by atoms with E-state index in [0.717, 1.165) is 0 Å². The number of phenols is 1. The molecule has 0 saturated heterocycles. The molecule has 0 aliphatic rings.